The molecule has 0 saturated carbocycles. The van der Waals surface area contributed by atoms with Gasteiger partial charge in [0.25, 0.3) is 5.91 Å². The molecule has 0 bridgehead atoms. The van der Waals surface area contributed by atoms with Crippen molar-refractivity contribution < 1.29 is 9.32 Å². The molecule has 23 heavy (non-hydrogen) atoms. The second-order valence-corrected chi connectivity index (χ2v) is 6.21. The van der Waals surface area contributed by atoms with Gasteiger partial charge in [-0.25, -0.2) is 0 Å². The first-order chi connectivity index (χ1) is 11.3. The van der Waals surface area contributed by atoms with E-state index in [1.54, 1.807) is 6.20 Å². The Bertz CT molecular complexity index is 612. The van der Waals surface area contributed by atoms with Crippen LogP contribution in [0.25, 0.3) is 0 Å². The molecule has 0 radical (unpaired) electrons. The van der Waals surface area contributed by atoms with Crippen LogP contribution in [0.4, 0.5) is 0 Å². The van der Waals surface area contributed by atoms with Gasteiger partial charge < -0.3 is 9.42 Å². The van der Waals surface area contributed by atoms with Gasteiger partial charge in [0.15, 0.2) is 0 Å². The fraction of sp³-hybridized carbons (Fsp3) is 0.588. The van der Waals surface area contributed by atoms with Crippen molar-refractivity contribution in [3.05, 3.63) is 36.0 Å². The summed E-state index contributed by atoms with van der Waals surface area (Å²) in [6.07, 6.45) is 10.3. The van der Waals surface area contributed by atoms with Crippen molar-refractivity contribution in [2.24, 2.45) is 5.92 Å². The molecule has 0 atom stereocenters. The Labute approximate surface area is 136 Å². The summed E-state index contributed by atoms with van der Waals surface area (Å²) in [4.78, 5) is 14.6. The van der Waals surface area contributed by atoms with Gasteiger partial charge in [-0.1, -0.05) is 12.1 Å². The second-order valence-electron chi connectivity index (χ2n) is 6.21. The number of likely N-dealkylation sites (tertiary alicyclic amines) is 1. The Balaban J connectivity index is 1.50. The van der Waals surface area contributed by atoms with Gasteiger partial charge in [0.2, 0.25) is 0 Å². The maximum atomic E-state index is 12.6. The van der Waals surface area contributed by atoms with Crippen molar-refractivity contribution in [2.45, 2.75) is 45.6 Å². The molecule has 2 aromatic rings. The van der Waals surface area contributed by atoms with Gasteiger partial charge in [-0.05, 0) is 37.7 Å². The Kier molecular flexibility index (Phi) is 5.10. The summed E-state index contributed by atoms with van der Waals surface area (Å²) >= 11 is 0. The SMILES string of the molecule is CCCc1oncc1C(=O)N1CCC(CCn2cccn2)CC1. The van der Waals surface area contributed by atoms with Gasteiger partial charge in [0.1, 0.15) is 11.3 Å². The van der Waals surface area contributed by atoms with Crippen LogP contribution in [-0.4, -0.2) is 38.8 Å². The van der Waals surface area contributed by atoms with Crippen molar-refractivity contribution >= 4 is 5.91 Å². The lowest BCUT2D eigenvalue weighted by Gasteiger charge is -2.31. The topological polar surface area (TPSA) is 64.2 Å². The van der Waals surface area contributed by atoms with Crippen molar-refractivity contribution in [3.8, 4) is 0 Å². The predicted octanol–water partition coefficient (Wildman–Crippen LogP) is 2.77. The van der Waals surface area contributed by atoms with Crippen LogP contribution in [0.15, 0.2) is 29.2 Å². The number of aromatic nitrogens is 3. The zero-order valence-corrected chi connectivity index (χ0v) is 13.6. The van der Waals surface area contributed by atoms with Crippen molar-refractivity contribution in [2.75, 3.05) is 13.1 Å². The first kappa shape index (κ1) is 15.8. The number of hydrogen-bond donors (Lipinski definition) is 0. The van der Waals surface area contributed by atoms with Crippen molar-refractivity contribution in [1.29, 1.82) is 0 Å². The second kappa shape index (κ2) is 7.44. The van der Waals surface area contributed by atoms with Crippen molar-refractivity contribution in [3.63, 3.8) is 0 Å². The van der Waals surface area contributed by atoms with Gasteiger partial charge in [-0.3, -0.25) is 9.48 Å². The number of hydrogen-bond acceptors (Lipinski definition) is 4. The van der Waals surface area contributed by atoms with Crippen LogP contribution in [0.1, 0.15) is 48.7 Å². The van der Waals surface area contributed by atoms with Gasteiger partial charge >= 0.3 is 0 Å². The maximum absolute atomic E-state index is 12.6. The van der Waals surface area contributed by atoms with E-state index in [0.29, 0.717) is 11.5 Å². The summed E-state index contributed by atoms with van der Waals surface area (Å²) < 4.78 is 7.19. The molecule has 2 aromatic heterocycles. The largest absolute Gasteiger partial charge is 0.361 e. The quantitative estimate of drug-likeness (QED) is 0.822. The van der Waals surface area contributed by atoms with E-state index in [9.17, 15) is 4.79 Å². The molecule has 3 heterocycles. The zero-order chi connectivity index (χ0) is 16.1. The minimum Gasteiger partial charge on any atom is -0.361 e. The monoisotopic (exact) mass is 316 g/mol. The molecule has 3 rings (SSSR count). The molecule has 0 unspecified atom stereocenters. The lowest BCUT2D eigenvalue weighted by Crippen LogP contribution is -2.38. The summed E-state index contributed by atoms with van der Waals surface area (Å²) in [5.74, 6) is 1.46. The highest BCUT2D eigenvalue weighted by Crippen LogP contribution is 2.23. The van der Waals surface area contributed by atoms with Crippen LogP contribution in [0.5, 0.6) is 0 Å². The summed E-state index contributed by atoms with van der Waals surface area (Å²) in [5.41, 5.74) is 0.641. The smallest absolute Gasteiger partial charge is 0.259 e. The molecule has 1 aliphatic rings. The van der Waals surface area contributed by atoms with Crippen LogP contribution in [0.2, 0.25) is 0 Å². The molecule has 0 aromatic carbocycles. The van der Waals surface area contributed by atoms with E-state index >= 15 is 0 Å². The van der Waals surface area contributed by atoms with Gasteiger partial charge in [0, 0.05) is 38.4 Å². The van der Waals surface area contributed by atoms with Crippen molar-refractivity contribution in [1.82, 2.24) is 19.8 Å². The van der Waals surface area contributed by atoms with Crippen LogP contribution in [0.3, 0.4) is 0 Å². The highest BCUT2D eigenvalue weighted by atomic mass is 16.5. The zero-order valence-electron chi connectivity index (χ0n) is 13.6. The normalized spacial score (nSPS) is 16.0. The third-order valence-corrected chi connectivity index (χ3v) is 4.58. The van der Waals surface area contributed by atoms with E-state index in [2.05, 4.69) is 17.2 Å². The van der Waals surface area contributed by atoms with Crippen LogP contribution in [-0.2, 0) is 13.0 Å². The third-order valence-electron chi connectivity index (χ3n) is 4.58. The number of nitrogens with zero attached hydrogens (tertiary/aromatic N) is 4. The number of carbonyl (C=O) groups excluding carboxylic acids is 1. The molecule has 0 aliphatic carbocycles. The standard InChI is InChI=1S/C17H24N4O2/c1-2-4-16-15(13-19-23-16)17(22)20-10-5-14(6-11-20)7-12-21-9-3-8-18-21/h3,8-9,13-14H,2,4-7,10-12H2,1H3. The highest BCUT2D eigenvalue weighted by molar-refractivity contribution is 5.94. The minimum atomic E-state index is 0.0697. The van der Waals surface area contributed by atoms with E-state index in [0.717, 1.165) is 57.5 Å². The number of rotatable bonds is 6. The van der Waals surface area contributed by atoms with Gasteiger partial charge in [-0.2, -0.15) is 5.10 Å². The Hall–Kier alpha value is -2.11. The van der Waals surface area contributed by atoms with E-state index in [-0.39, 0.29) is 5.91 Å². The fourth-order valence-electron chi connectivity index (χ4n) is 3.19. The molecule has 1 aliphatic heterocycles. The van der Waals surface area contributed by atoms with E-state index < -0.39 is 0 Å². The molecule has 0 spiro atoms. The maximum Gasteiger partial charge on any atom is 0.259 e. The molecule has 1 fully saturated rings. The van der Waals surface area contributed by atoms with E-state index in [1.807, 2.05) is 28.0 Å². The Morgan fingerprint density at radius 1 is 1.39 bits per heavy atom. The minimum absolute atomic E-state index is 0.0697. The molecule has 6 nitrogen and oxygen atoms in total. The molecule has 124 valence electrons. The van der Waals surface area contributed by atoms with Crippen LogP contribution >= 0.6 is 0 Å². The molecule has 0 N–H and O–H groups in total. The average Bonchev–Trinajstić information content (AvgIpc) is 3.25. The van der Waals surface area contributed by atoms with E-state index in [4.69, 9.17) is 4.52 Å². The first-order valence-electron chi connectivity index (χ1n) is 8.48. The third kappa shape index (κ3) is 3.81. The Morgan fingerprint density at radius 3 is 2.91 bits per heavy atom. The summed E-state index contributed by atoms with van der Waals surface area (Å²) in [7, 11) is 0. The Morgan fingerprint density at radius 2 is 2.22 bits per heavy atom. The highest BCUT2D eigenvalue weighted by Gasteiger charge is 2.26. The molecule has 1 saturated heterocycles. The van der Waals surface area contributed by atoms with Crippen LogP contribution in [0, 0.1) is 5.92 Å². The lowest BCUT2D eigenvalue weighted by atomic mass is 9.93. The number of carbonyl (C=O) groups is 1. The summed E-state index contributed by atoms with van der Waals surface area (Å²) in [6.45, 7) is 4.67. The summed E-state index contributed by atoms with van der Waals surface area (Å²) in [5, 5.41) is 8.04. The van der Waals surface area contributed by atoms with Gasteiger partial charge in [-0.15, -0.1) is 0 Å². The van der Waals surface area contributed by atoms with Gasteiger partial charge in [0.05, 0.1) is 6.20 Å². The van der Waals surface area contributed by atoms with E-state index in [1.165, 1.54) is 0 Å². The predicted molar refractivity (Wildman–Crippen MR) is 86.0 cm³/mol. The average molecular weight is 316 g/mol. The number of amides is 1. The van der Waals surface area contributed by atoms with Crippen LogP contribution < -0.4 is 0 Å². The molecular formula is C17H24N4O2. The number of aryl methyl sites for hydroxylation is 2. The molecule has 6 heteroatoms. The molecule has 1 amide bonds. The number of piperidine rings is 1. The fourth-order valence-corrected chi connectivity index (χ4v) is 3.19. The first-order valence-corrected chi connectivity index (χ1v) is 8.48. The lowest BCUT2D eigenvalue weighted by molar-refractivity contribution is 0.0682. The summed E-state index contributed by atoms with van der Waals surface area (Å²) in [6, 6.07) is 1.95. The molecular weight excluding hydrogens is 292 g/mol.